The zero-order chi connectivity index (χ0) is 24.5. The summed E-state index contributed by atoms with van der Waals surface area (Å²) in [5.74, 6) is -0.592. The Labute approximate surface area is 195 Å². The Morgan fingerprint density at radius 2 is 1.71 bits per heavy atom. The Morgan fingerprint density at radius 1 is 1.09 bits per heavy atom. The van der Waals surface area contributed by atoms with E-state index in [0.717, 1.165) is 18.6 Å². The highest BCUT2D eigenvalue weighted by atomic mass is 19.4. The normalized spacial score (nSPS) is 18.0. The van der Waals surface area contributed by atoms with Crippen molar-refractivity contribution in [2.24, 2.45) is 0 Å². The second-order valence-electron chi connectivity index (χ2n) is 8.50. The highest BCUT2D eigenvalue weighted by molar-refractivity contribution is 6.21. The fourth-order valence-electron chi connectivity index (χ4n) is 4.59. The third-order valence-electron chi connectivity index (χ3n) is 6.23. The van der Waals surface area contributed by atoms with Crippen LogP contribution in [-0.2, 0) is 6.18 Å². The first-order chi connectivity index (χ1) is 16.2. The molecule has 1 fully saturated rings. The van der Waals surface area contributed by atoms with Crippen LogP contribution in [0.4, 0.5) is 13.2 Å². The lowest BCUT2D eigenvalue weighted by Crippen LogP contribution is -2.54. The van der Waals surface area contributed by atoms with Gasteiger partial charge in [0.2, 0.25) is 0 Å². The van der Waals surface area contributed by atoms with Gasteiger partial charge in [0.1, 0.15) is 11.9 Å². The summed E-state index contributed by atoms with van der Waals surface area (Å²) in [6.07, 6.45) is -2.88. The van der Waals surface area contributed by atoms with E-state index in [1.54, 1.807) is 30.3 Å². The summed E-state index contributed by atoms with van der Waals surface area (Å²) in [5.41, 5.74) is -0.224. The summed E-state index contributed by atoms with van der Waals surface area (Å²) in [4.78, 5) is 29.4. The number of amides is 2. The van der Waals surface area contributed by atoms with E-state index < -0.39 is 17.9 Å². The van der Waals surface area contributed by atoms with E-state index in [4.69, 9.17) is 10.00 Å². The van der Waals surface area contributed by atoms with Crippen LogP contribution in [0.1, 0.15) is 64.4 Å². The Morgan fingerprint density at radius 3 is 2.24 bits per heavy atom. The number of alkyl halides is 3. The average Bonchev–Trinajstić information content (AvgIpc) is 3.07. The smallest absolute Gasteiger partial charge is 0.416 e. The molecule has 0 bridgehead atoms. The van der Waals surface area contributed by atoms with Crippen molar-refractivity contribution in [2.75, 3.05) is 13.1 Å². The molecule has 2 heterocycles. The lowest BCUT2D eigenvalue weighted by Gasteiger charge is -2.40. The van der Waals surface area contributed by atoms with Crippen molar-refractivity contribution in [3.63, 3.8) is 0 Å². The first-order valence-electron chi connectivity index (χ1n) is 11.2. The largest absolute Gasteiger partial charge is 0.490 e. The molecule has 2 aliphatic rings. The maximum atomic E-state index is 13.2. The number of hydrogen-bond donors (Lipinski definition) is 0. The summed E-state index contributed by atoms with van der Waals surface area (Å²) >= 11 is 0. The molecule has 2 aromatic rings. The second-order valence-corrected chi connectivity index (χ2v) is 8.50. The van der Waals surface area contributed by atoms with Gasteiger partial charge in [-0.15, -0.1) is 0 Å². The Kier molecular flexibility index (Phi) is 6.62. The molecule has 4 rings (SSSR count). The quantitative estimate of drug-likeness (QED) is 0.564. The summed E-state index contributed by atoms with van der Waals surface area (Å²) in [5, 5.41) is 9.08. The van der Waals surface area contributed by atoms with Gasteiger partial charge in [-0.25, -0.2) is 0 Å². The minimum Gasteiger partial charge on any atom is -0.490 e. The molecule has 34 heavy (non-hydrogen) atoms. The van der Waals surface area contributed by atoms with Crippen LogP contribution in [0.2, 0.25) is 0 Å². The highest BCUT2D eigenvalue weighted by Crippen LogP contribution is 2.34. The number of benzene rings is 2. The van der Waals surface area contributed by atoms with Gasteiger partial charge in [0.05, 0.1) is 34.5 Å². The van der Waals surface area contributed by atoms with Crippen LogP contribution in [0.25, 0.3) is 0 Å². The Balaban J connectivity index is 1.45. The number of ether oxygens (including phenoxy) is 1. The number of carbonyl (C=O) groups excluding carboxylic acids is 2. The molecule has 178 valence electrons. The predicted octanol–water partition coefficient (Wildman–Crippen LogP) is 4.84. The van der Waals surface area contributed by atoms with Crippen LogP contribution in [0.3, 0.4) is 0 Å². The molecule has 0 radical (unpaired) electrons. The number of likely N-dealkylation sites (tertiary alicyclic amines) is 1. The number of nitriles is 1. The molecule has 1 unspecified atom stereocenters. The first-order valence-corrected chi connectivity index (χ1v) is 11.2. The van der Waals surface area contributed by atoms with Gasteiger partial charge >= 0.3 is 6.18 Å². The fraction of sp³-hybridized carbons (Fsp3) is 0.400. The number of fused-ring (bicyclic) bond motifs is 1. The number of nitrogens with zero attached hydrogens (tertiary/aromatic N) is 3. The number of halogens is 3. The topological polar surface area (TPSA) is 73.6 Å². The van der Waals surface area contributed by atoms with Crippen LogP contribution < -0.4 is 4.74 Å². The van der Waals surface area contributed by atoms with Crippen molar-refractivity contribution in [1.29, 1.82) is 5.26 Å². The molecule has 1 atom stereocenters. The lowest BCUT2D eigenvalue weighted by molar-refractivity contribution is -0.137. The summed E-state index contributed by atoms with van der Waals surface area (Å²) < 4.78 is 45.3. The summed E-state index contributed by atoms with van der Waals surface area (Å²) in [6, 6.07) is 11.5. The van der Waals surface area contributed by atoms with Gasteiger partial charge in [0.15, 0.2) is 0 Å². The molecule has 2 aromatic carbocycles. The van der Waals surface area contributed by atoms with Crippen LogP contribution >= 0.6 is 0 Å². The molecule has 0 N–H and O–H groups in total. The molecular formula is C25H24F3N3O3. The number of hydrogen-bond acceptors (Lipinski definition) is 5. The molecule has 2 amide bonds. The van der Waals surface area contributed by atoms with Crippen molar-refractivity contribution in [3.05, 3.63) is 64.7 Å². The van der Waals surface area contributed by atoms with E-state index in [9.17, 15) is 22.8 Å². The van der Waals surface area contributed by atoms with E-state index in [1.807, 2.05) is 6.92 Å². The van der Waals surface area contributed by atoms with Crippen molar-refractivity contribution in [1.82, 2.24) is 9.80 Å². The predicted molar refractivity (Wildman–Crippen MR) is 117 cm³/mol. The van der Waals surface area contributed by atoms with E-state index in [-0.39, 0.29) is 29.2 Å². The minimum atomic E-state index is -4.58. The maximum absolute atomic E-state index is 13.2. The third kappa shape index (κ3) is 4.64. The van der Waals surface area contributed by atoms with E-state index in [2.05, 4.69) is 4.90 Å². The van der Waals surface area contributed by atoms with Crippen molar-refractivity contribution < 1.29 is 27.5 Å². The van der Waals surface area contributed by atoms with Crippen molar-refractivity contribution >= 4 is 11.8 Å². The van der Waals surface area contributed by atoms with Gasteiger partial charge in [-0.3, -0.25) is 19.4 Å². The third-order valence-corrected chi connectivity index (χ3v) is 6.23. The van der Waals surface area contributed by atoms with Gasteiger partial charge in [0, 0.05) is 13.1 Å². The molecule has 9 heteroatoms. The number of piperidine rings is 1. The number of carbonyl (C=O) groups is 2. The van der Waals surface area contributed by atoms with E-state index in [0.29, 0.717) is 43.5 Å². The monoisotopic (exact) mass is 471 g/mol. The number of rotatable bonds is 6. The van der Waals surface area contributed by atoms with Gasteiger partial charge in [0.25, 0.3) is 11.8 Å². The molecule has 0 spiro atoms. The maximum Gasteiger partial charge on any atom is 0.416 e. The van der Waals surface area contributed by atoms with Crippen LogP contribution in [0.5, 0.6) is 5.75 Å². The molecule has 0 aromatic heterocycles. The number of imide groups is 1. The Hall–Kier alpha value is -3.38. The van der Waals surface area contributed by atoms with Crippen LogP contribution in [0, 0.1) is 11.3 Å². The summed E-state index contributed by atoms with van der Waals surface area (Å²) in [7, 11) is 0. The molecule has 0 aliphatic carbocycles. The van der Waals surface area contributed by atoms with Gasteiger partial charge in [-0.2, -0.15) is 18.4 Å². The van der Waals surface area contributed by atoms with E-state index >= 15 is 0 Å². The van der Waals surface area contributed by atoms with Crippen LogP contribution in [0.15, 0.2) is 42.5 Å². The average molecular weight is 471 g/mol. The Bertz CT molecular complexity index is 1100. The molecular weight excluding hydrogens is 447 g/mol. The highest BCUT2D eigenvalue weighted by Gasteiger charge is 2.42. The molecule has 6 nitrogen and oxygen atoms in total. The SMILES string of the molecule is CCCC(N1CCC(Oc2cc(C#N)cc(C(F)(F)F)c2)CC1)N1C(=O)c2ccccc2C1=O. The fourth-order valence-corrected chi connectivity index (χ4v) is 4.59. The second kappa shape index (κ2) is 9.47. The first kappa shape index (κ1) is 23.8. The zero-order valence-electron chi connectivity index (χ0n) is 18.6. The van der Waals surface area contributed by atoms with Gasteiger partial charge in [-0.05, 0) is 49.6 Å². The summed E-state index contributed by atoms with van der Waals surface area (Å²) in [6.45, 7) is 3.03. The van der Waals surface area contributed by atoms with Crippen molar-refractivity contribution in [3.8, 4) is 11.8 Å². The zero-order valence-corrected chi connectivity index (χ0v) is 18.6. The molecule has 1 saturated heterocycles. The molecule has 2 aliphatic heterocycles. The lowest BCUT2D eigenvalue weighted by atomic mass is 10.0. The minimum absolute atomic E-state index is 0.00952. The molecule has 0 saturated carbocycles. The standard InChI is InChI=1S/C25H24F3N3O3/c1-2-5-22(31-23(32)20-6-3-4-7-21(20)24(31)33)30-10-8-18(9-11-30)34-19-13-16(15-29)12-17(14-19)25(26,27)28/h3-4,6-7,12-14,18,22H,2,5,8-11H2,1H3. The van der Waals surface area contributed by atoms with Crippen LogP contribution in [-0.4, -0.2) is 47.0 Å². The van der Waals surface area contributed by atoms with Gasteiger partial charge in [-0.1, -0.05) is 25.5 Å². The van der Waals surface area contributed by atoms with Gasteiger partial charge < -0.3 is 4.74 Å². The van der Waals surface area contributed by atoms with Crippen molar-refractivity contribution in [2.45, 2.75) is 51.1 Å². The van der Waals surface area contributed by atoms with E-state index in [1.165, 1.54) is 11.0 Å².